The van der Waals surface area contributed by atoms with Gasteiger partial charge in [0.15, 0.2) is 0 Å². The highest BCUT2D eigenvalue weighted by molar-refractivity contribution is 7.12. The summed E-state index contributed by atoms with van der Waals surface area (Å²) >= 11 is 7.89. The van der Waals surface area contributed by atoms with Crippen LogP contribution in [0.4, 0.5) is 0 Å². The third-order valence-electron chi connectivity index (χ3n) is 3.05. The van der Waals surface area contributed by atoms with Crippen LogP contribution < -0.4 is 5.73 Å². The predicted octanol–water partition coefficient (Wildman–Crippen LogP) is 4.37. The molecule has 2 N–H and O–H groups in total. The number of nitrogens with two attached hydrogens (primary N) is 1. The molecule has 0 bridgehead atoms. The standard InChI is InChI=1S/C14H16ClNS/c1-8-4-5-11(7-12(8)15)14(16)13-6-9(2)10(3)17-13/h4-7,14H,16H2,1-3H3. The number of hydrogen-bond acceptors (Lipinski definition) is 2. The summed E-state index contributed by atoms with van der Waals surface area (Å²) in [5, 5.41) is 0.781. The number of benzene rings is 1. The lowest BCUT2D eigenvalue weighted by atomic mass is 10.0. The predicted molar refractivity (Wildman–Crippen MR) is 76.0 cm³/mol. The average Bonchev–Trinajstić information content (AvgIpc) is 2.62. The Hall–Kier alpha value is -0.830. The van der Waals surface area contributed by atoms with Gasteiger partial charge in [0, 0.05) is 14.8 Å². The van der Waals surface area contributed by atoms with Crippen molar-refractivity contribution in [2.75, 3.05) is 0 Å². The Balaban J connectivity index is 2.36. The first-order valence-electron chi connectivity index (χ1n) is 5.57. The number of aryl methyl sites for hydroxylation is 3. The Morgan fingerprint density at radius 1 is 1.12 bits per heavy atom. The molecule has 1 unspecified atom stereocenters. The molecule has 1 atom stereocenters. The fraction of sp³-hybridized carbons (Fsp3) is 0.286. The first kappa shape index (κ1) is 12.6. The molecule has 0 fully saturated rings. The highest BCUT2D eigenvalue weighted by atomic mass is 35.5. The van der Waals surface area contributed by atoms with E-state index in [1.807, 2.05) is 19.1 Å². The smallest absolute Gasteiger partial charge is 0.0646 e. The zero-order valence-corrected chi connectivity index (χ0v) is 11.8. The second-order valence-electron chi connectivity index (χ2n) is 4.37. The van der Waals surface area contributed by atoms with Gasteiger partial charge in [0.1, 0.15) is 0 Å². The van der Waals surface area contributed by atoms with Crippen LogP contribution in [0.25, 0.3) is 0 Å². The molecular weight excluding hydrogens is 250 g/mol. The highest BCUT2D eigenvalue weighted by Crippen LogP contribution is 2.30. The summed E-state index contributed by atoms with van der Waals surface area (Å²) in [6, 6.07) is 8.12. The molecule has 0 spiro atoms. The number of halogens is 1. The molecule has 17 heavy (non-hydrogen) atoms. The van der Waals surface area contributed by atoms with E-state index in [0.717, 1.165) is 16.1 Å². The molecule has 3 heteroatoms. The van der Waals surface area contributed by atoms with Gasteiger partial charge in [0.2, 0.25) is 0 Å². The maximum absolute atomic E-state index is 6.27. The molecule has 1 nitrogen and oxygen atoms in total. The third-order valence-corrected chi connectivity index (χ3v) is 4.69. The van der Waals surface area contributed by atoms with Gasteiger partial charge in [-0.3, -0.25) is 0 Å². The fourth-order valence-corrected chi connectivity index (χ4v) is 2.98. The summed E-state index contributed by atoms with van der Waals surface area (Å²) < 4.78 is 0. The van der Waals surface area contributed by atoms with E-state index in [4.69, 9.17) is 17.3 Å². The minimum Gasteiger partial charge on any atom is -0.320 e. The third kappa shape index (κ3) is 2.54. The van der Waals surface area contributed by atoms with Crippen molar-refractivity contribution in [3.05, 3.63) is 55.7 Å². The van der Waals surface area contributed by atoms with Gasteiger partial charge in [-0.05, 0) is 49.6 Å². The van der Waals surface area contributed by atoms with Gasteiger partial charge in [0.05, 0.1) is 6.04 Å². The van der Waals surface area contributed by atoms with Crippen molar-refractivity contribution >= 4 is 22.9 Å². The summed E-state index contributed by atoms with van der Waals surface area (Å²) in [6.45, 7) is 6.24. The van der Waals surface area contributed by atoms with Crippen LogP contribution in [0.2, 0.25) is 5.02 Å². The molecule has 1 aromatic heterocycles. The van der Waals surface area contributed by atoms with Gasteiger partial charge in [-0.2, -0.15) is 0 Å². The largest absolute Gasteiger partial charge is 0.320 e. The van der Waals surface area contributed by atoms with E-state index in [0.29, 0.717) is 0 Å². The van der Waals surface area contributed by atoms with Crippen molar-refractivity contribution in [2.45, 2.75) is 26.8 Å². The quantitative estimate of drug-likeness (QED) is 0.857. The molecule has 2 aromatic rings. The maximum atomic E-state index is 6.27. The second-order valence-corrected chi connectivity index (χ2v) is 6.07. The topological polar surface area (TPSA) is 26.0 Å². The molecule has 0 amide bonds. The van der Waals surface area contributed by atoms with Crippen molar-refractivity contribution in [1.29, 1.82) is 0 Å². The summed E-state index contributed by atoms with van der Waals surface area (Å²) in [6.07, 6.45) is 0. The number of hydrogen-bond donors (Lipinski definition) is 1. The SMILES string of the molecule is Cc1ccc(C(N)c2cc(C)c(C)s2)cc1Cl. The molecule has 1 heterocycles. The van der Waals surface area contributed by atoms with Crippen LogP contribution in [0.1, 0.15) is 32.5 Å². The highest BCUT2D eigenvalue weighted by Gasteiger charge is 2.13. The van der Waals surface area contributed by atoms with Crippen molar-refractivity contribution in [2.24, 2.45) is 5.73 Å². The lowest BCUT2D eigenvalue weighted by molar-refractivity contribution is 0.892. The van der Waals surface area contributed by atoms with E-state index < -0.39 is 0 Å². The molecule has 1 aromatic carbocycles. The van der Waals surface area contributed by atoms with Crippen molar-refractivity contribution < 1.29 is 0 Å². The number of rotatable bonds is 2. The van der Waals surface area contributed by atoms with Crippen LogP contribution >= 0.6 is 22.9 Å². The van der Waals surface area contributed by atoms with Crippen LogP contribution in [-0.2, 0) is 0 Å². The molecule has 0 aliphatic carbocycles. The van der Waals surface area contributed by atoms with E-state index >= 15 is 0 Å². The van der Waals surface area contributed by atoms with Crippen LogP contribution in [0.5, 0.6) is 0 Å². The normalized spacial score (nSPS) is 12.8. The molecule has 0 saturated carbocycles. The Bertz CT molecular complexity index is 526. The lowest BCUT2D eigenvalue weighted by Gasteiger charge is -2.11. The van der Waals surface area contributed by atoms with E-state index in [-0.39, 0.29) is 6.04 Å². The first-order valence-corrected chi connectivity index (χ1v) is 6.77. The molecule has 0 radical (unpaired) electrons. The van der Waals surface area contributed by atoms with Crippen LogP contribution in [0.3, 0.4) is 0 Å². The van der Waals surface area contributed by atoms with E-state index in [1.165, 1.54) is 15.3 Å². The molecular formula is C14H16ClNS. The number of thiophene rings is 1. The zero-order chi connectivity index (χ0) is 12.6. The monoisotopic (exact) mass is 265 g/mol. The average molecular weight is 266 g/mol. The van der Waals surface area contributed by atoms with Gasteiger partial charge >= 0.3 is 0 Å². The molecule has 90 valence electrons. The van der Waals surface area contributed by atoms with Crippen molar-refractivity contribution in [3.63, 3.8) is 0 Å². The molecule has 2 rings (SSSR count). The van der Waals surface area contributed by atoms with E-state index in [9.17, 15) is 0 Å². The maximum Gasteiger partial charge on any atom is 0.0646 e. The van der Waals surface area contributed by atoms with Crippen LogP contribution in [0.15, 0.2) is 24.3 Å². The zero-order valence-electron chi connectivity index (χ0n) is 10.3. The Labute approximate surface area is 111 Å². The lowest BCUT2D eigenvalue weighted by Crippen LogP contribution is -2.10. The van der Waals surface area contributed by atoms with Crippen LogP contribution in [-0.4, -0.2) is 0 Å². The van der Waals surface area contributed by atoms with Crippen molar-refractivity contribution in [1.82, 2.24) is 0 Å². The van der Waals surface area contributed by atoms with Gasteiger partial charge < -0.3 is 5.73 Å². The first-order chi connectivity index (χ1) is 7.99. The molecule has 0 saturated heterocycles. The summed E-state index contributed by atoms with van der Waals surface area (Å²) in [7, 11) is 0. The van der Waals surface area contributed by atoms with E-state index in [1.54, 1.807) is 11.3 Å². The van der Waals surface area contributed by atoms with Gasteiger partial charge in [-0.15, -0.1) is 11.3 Å². The summed E-state index contributed by atoms with van der Waals surface area (Å²) in [5.41, 5.74) is 9.73. The van der Waals surface area contributed by atoms with Crippen molar-refractivity contribution in [3.8, 4) is 0 Å². The Morgan fingerprint density at radius 3 is 2.35 bits per heavy atom. The minimum atomic E-state index is -0.0782. The van der Waals surface area contributed by atoms with Gasteiger partial charge in [-0.25, -0.2) is 0 Å². The van der Waals surface area contributed by atoms with Gasteiger partial charge in [-0.1, -0.05) is 23.7 Å². The van der Waals surface area contributed by atoms with Crippen LogP contribution in [0, 0.1) is 20.8 Å². The van der Waals surface area contributed by atoms with Gasteiger partial charge in [0.25, 0.3) is 0 Å². The fourth-order valence-electron chi connectivity index (χ4n) is 1.72. The second kappa shape index (κ2) is 4.81. The molecule has 0 aliphatic rings. The molecule has 0 aliphatic heterocycles. The summed E-state index contributed by atoms with van der Waals surface area (Å²) in [5.74, 6) is 0. The van der Waals surface area contributed by atoms with E-state index in [2.05, 4.69) is 26.0 Å². The minimum absolute atomic E-state index is 0.0782. The Kier molecular flexibility index (Phi) is 3.57. The summed E-state index contributed by atoms with van der Waals surface area (Å²) in [4.78, 5) is 2.52. The Morgan fingerprint density at radius 2 is 1.82 bits per heavy atom.